The first-order valence-corrected chi connectivity index (χ1v) is 6.20. The summed E-state index contributed by atoms with van der Waals surface area (Å²) >= 11 is 0. The fourth-order valence-electron chi connectivity index (χ4n) is 1.97. The van der Waals surface area contributed by atoms with Gasteiger partial charge in [-0.3, -0.25) is 0 Å². The van der Waals surface area contributed by atoms with Crippen molar-refractivity contribution in [1.82, 2.24) is 0 Å². The van der Waals surface area contributed by atoms with Gasteiger partial charge in [-0.2, -0.15) is 0 Å². The zero-order chi connectivity index (χ0) is 14.0. The average molecular weight is 260 g/mol. The van der Waals surface area contributed by atoms with Gasteiger partial charge in [0, 0.05) is 5.56 Å². The minimum Gasteiger partial charge on any atom is -0.457 e. The van der Waals surface area contributed by atoms with Crippen molar-refractivity contribution in [2.75, 3.05) is 0 Å². The minimum atomic E-state index is -0.781. The number of ether oxygens (including phenoxy) is 1. The van der Waals surface area contributed by atoms with Crippen LogP contribution in [0.25, 0.3) is 0 Å². The summed E-state index contributed by atoms with van der Waals surface area (Å²) in [5, 5.41) is 9.67. The summed E-state index contributed by atoms with van der Waals surface area (Å²) in [7, 11) is 0. The molecule has 2 rings (SSSR count). The summed E-state index contributed by atoms with van der Waals surface area (Å²) in [5.74, 6) is 0.798. The molecule has 0 aromatic heterocycles. The molecule has 3 heteroatoms. The Hall–Kier alpha value is -1.87. The quantitative estimate of drug-likeness (QED) is 0.892. The predicted octanol–water partition coefficient (Wildman–Crippen LogP) is 4.29. The smallest absolute Gasteiger partial charge is 0.133 e. The van der Waals surface area contributed by atoms with E-state index in [-0.39, 0.29) is 5.82 Å². The lowest BCUT2D eigenvalue weighted by molar-refractivity contribution is 0.195. The number of aliphatic hydroxyl groups excluding tert-OH is 1. The Morgan fingerprint density at radius 2 is 1.74 bits per heavy atom. The van der Waals surface area contributed by atoms with Gasteiger partial charge in [-0.15, -0.1) is 0 Å². The molecule has 0 heterocycles. The fraction of sp³-hybridized carbons (Fsp3) is 0.250. The van der Waals surface area contributed by atoms with E-state index in [9.17, 15) is 9.50 Å². The van der Waals surface area contributed by atoms with Crippen LogP contribution >= 0.6 is 0 Å². The van der Waals surface area contributed by atoms with E-state index >= 15 is 0 Å². The second-order valence-electron chi connectivity index (χ2n) is 4.73. The Balaban J connectivity index is 2.38. The topological polar surface area (TPSA) is 29.5 Å². The summed E-state index contributed by atoms with van der Waals surface area (Å²) in [5.41, 5.74) is 2.60. The second-order valence-corrected chi connectivity index (χ2v) is 4.73. The van der Waals surface area contributed by atoms with E-state index in [1.54, 1.807) is 6.92 Å². The fourth-order valence-corrected chi connectivity index (χ4v) is 1.97. The lowest BCUT2D eigenvalue weighted by atomic mass is 10.1. The van der Waals surface area contributed by atoms with Crippen LogP contribution in [0, 0.1) is 19.7 Å². The zero-order valence-electron chi connectivity index (χ0n) is 11.3. The normalized spacial score (nSPS) is 12.3. The first kappa shape index (κ1) is 13.6. The van der Waals surface area contributed by atoms with Gasteiger partial charge in [0.05, 0.1) is 6.10 Å². The molecule has 0 aliphatic carbocycles. The molecule has 0 radical (unpaired) electrons. The monoisotopic (exact) mass is 260 g/mol. The lowest BCUT2D eigenvalue weighted by Gasteiger charge is -2.15. The highest BCUT2D eigenvalue weighted by Crippen LogP contribution is 2.32. The Morgan fingerprint density at radius 3 is 2.37 bits per heavy atom. The van der Waals surface area contributed by atoms with E-state index in [4.69, 9.17) is 4.74 Å². The molecule has 0 saturated heterocycles. The lowest BCUT2D eigenvalue weighted by Crippen LogP contribution is -1.98. The van der Waals surface area contributed by atoms with Gasteiger partial charge in [0.15, 0.2) is 0 Å². The van der Waals surface area contributed by atoms with Crippen molar-refractivity contribution in [3.05, 3.63) is 58.9 Å². The second kappa shape index (κ2) is 5.41. The zero-order valence-corrected chi connectivity index (χ0v) is 11.3. The summed E-state index contributed by atoms with van der Waals surface area (Å²) in [4.78, 5) is 0. The highest BCUT2D eigenvalue weighted by Gasteiger charge is 2.12. The maximum atomic E-state index is 13.2. The number of hydrogen-bond acceptors (Lipinski definition) is 2. The third-order valence-electron chi connectivity index (χ3n) is 2.97. The van der Waals surface area contributed by atoms with Gasteiger partial charge in [0.25, 0.3) is 0 Å². The number of benzene rings is 2. The highest BCUT2D eigenvalue weighted by atomic mass is 19.1. The summed E-state index contributed by atoms with van der Waals surface area (Å²) < 4.78 is 19.0. The van der Waals surface area contributed by atoms with Crippen molar-refractivity contribution in [2.24, 2.45) is 0 Å². The van der Waals surface area contributed by atoms with Crippen LogP contribution in [0.3, 0.4) is 0 Å². The molecule has 0 aliphatic heterocycles. The first-order valence-electron chi connectivity index (χ1n) is 6.20. The van der Waals surface area contributed by atoms with Gasteiger partial charge in [-0.1, -0.05) is 17.7 Å². The Labute approximate surface area is 112 Å². The van der Waals surface area contributed by atoms with Crippen molar-refractivity contribution < 1.29 is 14.2 Å². The Bertz CT molecular complexity index is 591. The molecular weight excluding hydrogens is 243 g/mol. The molecule has 0 aliphatic rings. The molecule has 1 unspecified atom stereocenters. The molecule has 0 amide bonds. The van der Waals surface area contributed by atoms with Crippen LogP contribution in [0.1, 0.15) is 29.7 Å². The first-order chi connectivity index (χ1) is 8.97. The third-order valence-corrected chi connectivity index (χ3v) is 2.97. The van der Waals surface area contributed by atoms with Gasteiger partial charge < -0.3 is 9.84 Å². The van der Waals surface area contributed by atoms with Gasteiger partial charge in [0.1, 0.15) is 17.3 Å². The van der Waals surface area contributed by atoms with E-state index < -0.39 is 6.10 Å². The van der Waals surface area contributed by atoms with Crippen molar-refractivity contribution in [1.29, 1.82) is 0 Å². The number of halogens is 1. The molecule has 0 spiro atoms. The molecule has 2 aromatic carbocycles. The van der Waals surface area contributed by atoms with Crippen LogP contribution in [-0.4, -0.2) is 5.11 Å². The van der Waals surface area contributed by atoms with Gasteiger partial charge in [0.2, 0.25) is 0 Å². The average Bonchev–Trinajstić information content (AvgIpc) is 2.34. The van der Waals surface area contributed by atoms with Crippen molar-refractivity contribution in [3.63, 3.8) is 0 Å². The molecule has 1 N–H and O–H groups in total. The van der Waals surface area contributed by atoms with Gasteiger partial charge in [-0.05, 0) is 50.6 Å². The molecule has 0 fully saturated rings. The number of aryl methyl sites for hydroxylation is 2. The molecule has 0 saturated carbocycles. The van der Waals surface area contributed by atoms with Crippen molar-refractivity contribution >= 4 is 0 Å². The molecule has 0 bridgehead atoms. The molecule has 1 atom stereocenters. The summed E-state index contributed by atoms with van der Waals surface area (Å²) in [6.07, 6.45) is -0.781. The number of rotatable bonds is 3. The highest BCUT2D eigenvalue weighted by molar-refractivity contribution is 5.43. The van der Waals surface area contributed by atoms with Crippen LogP contribution in [0.2, 0.25) is 0 Å². The van der Waals surface area contributed by atoms with Crippen LogP contribution in [0.15, 0.2) is 36.4 Å². The number of aliphatic hydroxyl groups is 1. The molecule has 19 heavy (non-hydrogen) atoms. The van der Waals surface area contributed by atoms with Crippen LogP contribution in [0.4, 0.5) is 4.39 Å². The molecule has 2 aromatic rings. The third kappa shape index (κ3) is 3.12. The number of hydrogen-bond donors (Lipinski definition) is 1. The molecule has 2 nitrogen and oxygen atoms in total. The van der Waals surface area contributed by atoms with Gasteiger partial charge in [-0.25, -0.2) is 4.39 Å². The van der Waals surface area contributed by atoms with E-state index in [2.05, 4.69) is 0 Å². The maximum Gasteiger partial charge on any atom is 0.133 e. The Kier molecular flexibility index (Phi) is 3.86. The summed E-state index contributed by atoms with van der Waals surface area (Å²) in [6.45, 7) is 5.55. The van der Waals surface area contributed by atoms with Gasteiger partial charge >= 0.3 is 0 Å². The largest absolute Gasteiger partial charge is 0.457 e. The maximum absolute atomic E-state index is 13.2. The molecular formula is C16H17FO2. The van der Waals surface area contributed by atoms with Crippen molar-refractivity contribution in [2.45, 2.75) is 26.9 Å². The van der Waals surface area contributed by atoms with Crippen LogP contribution < -0.4 is 4.74 Å². The van der Waals surface area contributed by atoms with Crippen LogP contribution in [0.5, 0.6) is 11.5 Å². The Morgan fingerprint density at radius 1 is 1.05 bits per heavy atom. The van der Waals surface area contributed by atoms with Crippen LogP contribution in [-0.2, 0) is 0 Å². The van der Waals surface area contributed by atoms with Crippen molar-refractivity contribution in [3.8, 4) is 11.5 Å². The van der Waals surface area contributed by atoms with E-state index in [0.717, 1.165) is 11.1 Å². The SMILES string of the molecule is Cc1ccc(Oc2ccc(F)cc2C(C)O)c(C)c1. The van der Waals surface area contributed by atoms with E-state index in [1.165, 1.54) is 18.2 Å². The van der Waals surface area contributed by atoms with E-state index in [0.29, 0.717) is 17.1 Å². The standard InChI is InChI=1S/C16H17FO2/c1-10-4-6-15(11(2)8-10)19-16-7-5-13(17)9-14(16)12(3)18/h4-9,12,18H,1-3H3. The van der Waals surface area contributed by atoms with E-state index in [1.807, 2.05) is 32.0 Å². The molecule has 100 valence electrons. The minimum absolute atomic E-state index is 0.385. The predicted molar refractivity (Wildman–Crippen MR) is 73.0 cm³/mol. The summed E-state index contributed by atoms with van der Waals surface area (Å²) in [6, 6.07) is 10.00.